The minimum absolute atomic E-state index is 0.0646. The second-order valence-corrected chi connectivity index (χ2v) is 10.3. The van der Waals surface area contributed by atoms with E-state index < -0.39 is 12.0 Å². The summed E-state index contributed by atoms with van der Waals surface area (Å²) in [5, 5.41) is 19.3. The summed E-state index contributed by atoms with van der Waals surface area (Å²) in [6.45, 7) is 2.55. The van der Waals surface area contributed by atoms with Gasteiger partial charge in [-0.2, -0.15) is 5.10 Å². The summed E-state index contributed by atoms with van der Waals surface area (Å²) >= 11 is 0. The predicted octanol–water partition coefficient (Wildman–Crippen LogP) is 4.10. The van der Waals surface area contributed by atoms with Crippen molar-refractivity contribution in [1.29, 1.82) is 0 Å². The molecule has 0 bridgehead atoms. The number of aromatic nitrogens is 5. The zero-order valence-corrected chi connectivity index (χ0v) is 22.9. The fraction of sp³-hybridized carbons (Fsp3) is 0.414. The van der Waals surface area contributed by atoms with Crippen molar-refractivity contribution in [2.75, 3.05) is 32.3 Å². The van der Waals surface area contributed by atoms with Crippen LogP contribution < -0.4 is 4.90 Å². The van der Waals surface area contributed by atoms with Crippen molar-refractivity contribution in [2.45, 2.75) is 38.6 Å². The molecule has 3 heterocycles. The summed E-state index contributed by atoms with van der Waals surface area (Å²) in [7, 11) is 3.09. The fourth-order valence-corrected chi connectivity index (χ4v) is 5.32. The number of fused-ring (bicyclic) bond motifs is 1. The van der Waals surface area contributed by atoms with Gasteiger partial charge in [0.2, 0.25) is 5.91 Å². The van der Waals surface area contributed by atoms with E-state index in [1.54, 1.807) is 24.9 Å². The van der Waals surface area contributed by atoms with E-state index in [1.165, 1.54) is 15.8 Å². The molecule has 0 atom stereocenters. The lowest BCUT2D eigenvalue weighted by Crippen LogP contribution is -2.49. The van der Waals surface area contributed by atoms with Crippen LogP contribution in [0, 0.1) is 11.8 Å². The Morgan fingerprint density at radius 3 is 2.40 bits per heavy atom. The first kappa shape index (κ1) is 27.5. The number of hydrogen-bond acceptors (Lipinski definition) is 7. The van der Waals surface area contributed by atoms with Gasteiger partial charge in [0.1, 0.15) is 5.56 Å². The van der Waals surface area contributed by atoms with Crippen LogP contribution in [0.4, 0.5) is 5.82 Å². The normalized spacial score (nSPS) is 17.4. The number of anilines is 1. The molecule has 210 valence electrons. The Hall–Kier alpha value is -4.09. The molecule has 1 N–H and O–H groups in total. The second-order valence-electron chi connectivity index (χ2n) is 10.3. The third-order valence-corrected chi connectivity index (χ3v) is 7.50. The molecule has 1 saturated carbocycles. The quantitative estimate of drug-likeness (QED) is 0.315. The van der Waals surface area contributed by atoms with E-state index in [0.29, 0.717) is 11.6 Å². The Labute approximate surface area is 232 Å². The zero-order valence-electron chi connectivity index (χ0n) is 22.9. The number of carbonyl (C=O) groups excluding carboxylic acids is 1. The van der Waals surface area contributed by atoms with Crippen LogP contribution in [0.3, 0.4) is 0 Å². The van der Waals surface area contributed by atoms with Crippen LogP contribution >= 0.6 is 0 Å². The van der Waals surface area contributed by atoms with Gasteiger partial charge in [-0.05, 0) is 49.8 Å². The van der Waals surface area contributed by atoms with Crippen LogP contribution in [0.15, 0.2) is 55.0 Å². The number of aromatic carboxylic acids is 1. The number of methoxy groups -OCH3 is 2. The minimum atomic E-state index is -1.17. The highest BCUT2D eigenvalue weighted by Crippen LogP contribution is 2.33. The number of carbonyl (C=O) groups is 2. The standard InChI is InChI=1S/C29H34N6O5/c1-19-5-7-21(8-6-19)28(36)35(23(17-39-2)18-40-3)27-24(29(37)38)16-34(32-27)22-11-9-20(10-12-22)25-15-26-30-13-4-14-33(26)31-25/h4,9-16,19,21,23H,5-8,17-18H2,1-3H3,(H,37,38). The first-order chi connectivity index (χ1) is 19.4. The van der Waals surface area contributed by atoms with E-state index in [2.05, 4.69) is 22.1 Å². The van der Waals surface area contributed by atoms with Gasteiger partial charge in [0, 0.05) is 50.4 Å². The topological polar surface area (TPSA) is 124 Å². The molecule has 0 saturated heterocycles. The lowest BCUT2D eigenvalue weighted by Gasteiger charge is -2.34. The first-order valence-corrected chi connectivity index (χ1v) is 13.4. The fourth-order valence-electron chi connectivity index (χ4n) is 5.32. The van der Waals surface area contributed by atoms with E-state index in [0.717, 1.165) is 42.6 Å². The van der Waals surface area contributed by atoms with Gasteiger partial charge < -0.3 is 14.6 Å². The number of rotatable bonds is 10. The Kier molecular flexibility index (Phi) is 8.22. The number of carboxylic acid groups (broad SMARTS) is 1. The summed E-state index contributed by atoms with van der Waals surface area (Å²) in [6.07, 6.45) is 8.42. The molecule has 5 rings (SSSR count). The number of ether oxygens (including phenoxy) is 2. The highest BCUT2D eigenvalue weighted by Gasteiger charge is 2.37. The molecular formula is C29H34N6O5. The van der Waals surface area contributed by atoms with Crippen LogP contribution in [0.5, 0.6) is 0 Å². The summed E-state index contributed by atoms with van der Waals surface area (Å²) < 4.78 is 14.0. The Morgan fingerprint density at radius 1 is 1.07 bits per heavy atom. The van der Waals surface area contributed by atoms with Gasteiger partial charge in [-0.25, -0.2) is 19.0 Å². The summed E-state index contributed by atoms with van der Waals surface area (Å²) in [6, 6.07) is 10.6. The maximum Gasteiger partial charge on any atom is 0.341 e. The predicted molar refractivity (Wildman–Crippen MR) is 149 cm³/mol. The lowest BCUT2D eigenvalue weighted by atomic mass is 9.82. The monoisotopic (exact) mass is 546 g/mol. The average Bonchev–Trinajstić information content (AvgIpc) is 3.59. The van der Waals surface area contributed by atoms with Crippen molar-refractivity contribution < 1.29 is 24.2 Å². The smallest absolute Gasteiger partial charge is 0.341 e. The summed E-state index contributed by atoms with van der Waals surface area (Å²) in [4.78, 5) is 32.2. The van der Waals surface area contributed by atoms with Gasteiger partial charge in [-0.1, -0.05) is 19.1 Å². The van der Waals surface area contributed by atoms with E-state index in [4.69, 9.17) is 9.47 Å². The van der Waals surface area contributed by atoms with Gasteiger partial charge in [-0.15, -0.1) is 5.10 Å². The van der Waals surface area contributed by atoms with Gasteiger partial charge in [0.15, 0.2) is 11.5 Å². The van der Waals surface area contributed by atoms with E-state index in [-0.39, 0.29) is 36.4 Å². The molecule has 11 heteroatoms. The lowest BCUT2D eigenvalue weighted by molar-refractivity contribution is -0.124. The van der Waals surface area contributed by atoms with E-state index in [9.17, 15) is 14.7 Å². The highest BCUT2D eigenvalue weighted by atomic mass is 16.5. The van der Waals surface area contributed by atoms with Crippen LogP contribution in [0.1, 0.15) is 43.0 Å². The van der Waals surface area contributed by atoms with Gasteiger partial charge >= 0.3 is 5.97 Å². The van der Waals surface area contributed by atoms with Gasteiger partial charge in [-0.3, -0.25) is 9.69 Å². The summed E-state index contributed by atoms with van der Waals surface area (Å²) in [5.74, 6) is -0.864. The molecular weight excluding hydrogens is 512 g/mol. The Morgan fingerprint density at radius 2 is 1.77 bits per heavy atom. The Balaban J connectivity index is 1.50. The molecule has 1 aliphatic rings. The molecule has 11 nitrogen and oxygen atoms in total. The minimum Gasteiger partial charge on any atom is -0.477 e. The maximum atomic E-state index is 14.0. The molecule has 1 amide bonds. The van der Waals surface area contributed by atoms with Crippen molar-refractivity contribution in [1.82, 2.24) is 24.4 Å². The molecule has 0 radical (unpaired) electrons. The SMILES string of the molecule is COCC(COC)N(C(=O)C1CCC(C)CC1)c1nn(-c2ccc(-c3cc4ncccn4n3)cc2)cc1C(=O)O. The van der Waals surface area contributed by atoms with Crippen molar-refractivity contribution in [3.63, 3.8) is 0 Å². The van der Waals surface area contributed by atoms with Crippen LogP contribution in [0.2, 0.25) is 0 Å². The third kappa shape index (κ3) is 5.61. The molecule has 1 aliphatic carbocycles. The van der Waals surface area contributed by atoms with Crippen molar-refractivity contribution in [3.8, 4) is 16.9 Å². The molecule has 1 aromatic carbocycles. The molecule has 40 heavy (non-hydrogen) atoms. The van der Waals surface area contributed by atoms with Crippen molar-refractivity contribution >= 4 is 23.3 Å². The van der Waals surface area contributed by atoms with Crippen LogP contribution in [-0.4, -0.2) is 74.8 Å². The average molecular weight is 547 g/mol. The summed E-state index contributed by atoms with van der Waals surface area (Å²) in [5.41, 5.74) is 2.96. The molecule has 0 unspecified atom stereocenters. The van der Waals surface area contributed by atoms with Gasteiger partial charge in [0.25, 0.3) is 0 Å². The molecule has 0 spiro atoms. The number of nitrogens with zero attached hydrogens (tertiary/aromatic N) is 6. The molecule has 3 aromatic heterocycles. The number of carboxylic acids is 1. The molecule has 4 aromatic rings. The van der Waals surface area contributed by atoms with E-state index >= 15 is 0 Å². The van der Waals surface area contributed by atoms with Crippen LogP contribution in [-0.2, 0) is 14.3 Å². The largest absolute Gasteiger partial charge is 0.477 e. The zero-order chi connectivity index (χ0) is 28.2. The van der Waals surface area contributed by atoms with Crippen molar-refractivity contribution in [2.24, 2.45) is 11.8 Å². The number of hydrogen-bond donors (Lipinski definition) is 1. The molecule has 1 fully saturated rings. The first-order valence-electron chi connectivity index (χ1n) is 13.4. The number of amides is 1. The van der Waals surface area contributed by atoms with Crippen LogP contribution in [0.25, 0.3) is 22.6 Å². The van der Waals surface area contributed by atoms with Crippen molar-refractivity contribution in [3.05, 3.63) is 60.6 Å². The second kappa shape index (κ2) is 12.0. The van der Waals surface area contributed by atoms with Gasteiger partial charge in [0.05, 0.1) is 30.6 Å². The number of benzene rings is 1. The van der Waals surface area contributed by atoms with E-state index in [1.807, 2.05) is 42.6 Å². The third-order valence-electron chi connectivity index (χ3n) is 7.50. The maximum absolute atomic E-state index is 14.0. The molecule has 0 aliphatic heterocycles. The highest BCUT2D eigenvalue weighted by molar-refractivity contribution is 6.02. The Bertz CT molecular complexity index is 1430.